The van der Waals surface area contributed by atoms with Crippen LogP contribution in [0, 0.1) is 5.92 Å². The van der Waals surface area contributed by atoms with E-state index in [1.54, 1.807) is 7.11 Å². The highest BCUT2D eigenvalue weighted by molar-refractivity contribution is 5.97. The molecule has 0 saturated heterocycles. The van der Waals surface area contributed by atoms with Crippen LogP contribution in [0.3, 0.4) is 0 Å². The van der Waals surface area contributed by atoms with Gasteiger partial charge in [0, 0.05) is 43.0 Å². The summed E-state index contributed by atoms with van der Waals surface area (Å²) in [6.07, 6.45) is 4.79. The van der Waals surface area contributed by atoms with Gasteiger partial charge in [-0.15, -0.1) is 0 Å². The molecule has 6 heteroatoms. The number of fused-ring (bicyclic) bond motifs is 1. The number of rotatable bonds is 7. The second-order valence-electron chi connectivity index (χ2n) is 8.31. The predicted octanol–water partition coefficient (Wildman–Crippen LogP) is 4.18. The number of allylic oxidation sites excluding steroid dienone is 1. The van der Waals surface area contributed by atoms with E-state index in [9.17, 15) is 9.59 Å². The standard InChI is InChI=1S/C27H30N2O4/c1-4-33-27(31)25-19(2)28(17-20-8-6-5-7-9-20)14-13-22(25)18-29-15-12-21-16-23(32-3)10-11-24(21)26(29)30/h5-11,13-14,16,22H,4,12,15,17-18H2,1-3H3. The van der Waals surface area contributed by atoms with E-state index < -0.39 is 0 Å². The Morgan fingerprint density at radius 1 is 1.15 bits per heavy atom. The quantitative estimate of drug-likeness (QED) is 0.598. The van der Waals surface area contributed by atoms with E-state index >= 15 is 0 Å². The summed E-state index contributed by atoms with van der Waals surface area (Å²) in [7, 11) is 1.63. The van der Waals surface area contributed by atoms with Crippen molar-refractivity contribution in [3.63, 3.8) is 0 Å². The molecule has 0 aliphatic carbocycles. The van der Waals surface area contributed by atoms with Crippen LogP contribution in [-0.2, 0) is 22.5 Å². The van der Waals surface area contributed by atoms with Gasteiger partial charge in [-0.2, -0.15) is 0 Å². The third kappa shape index (κ3) is 4.80. The summed E-state index contributed by atoms with van der Waals surface area (Å²) >= 11 is 0. The number of methoxy groups -OCH3 is 1. The highest BCUT2D eigenvalue weighted by Gasteiger charge is 2.33. The summed E-state index contributed by atoms with van der Waals surface area (Å²) in [6.45, 7) is 5.77. The SMILES string of the molecule is CCOC(=O)C1=C(C)N(Cc2ccccc2)C=CC1CN1CCc2cc(OC)ccc2C1=O. The van der Waals surface area contributed by atoms with Gasteiger partial charge < -0.3 is 19.3 Å². The van der Waals surface area contributed by atoms with Crippen molar-refractivity contribution < 1.29 is 19.1 Å². The van der Waals surface area contributed by atoms with Crippen molar-refractivity contribution in [1.82, 2.24) is 9.80 Å². The second kappa shape index (κ2) is 9.94. The molecule has 0 spiro atoms. The second-order valence-corrected chi connectivity index (χ2v) is 8.31. The van der Waals surface area contributed by atoms with Gasteiger partial charge in [-0.05, 0) is 49.6 Å². The van der Waals surface area contributed by atoms with Gasteiger partial charge in [0.05, 0.1) is 19.3 Å². The summed E-state index contributed by atoms with van der Waals surface area (Å²) in [4.78, 5) is 30.1. The number of hydrogen-bond donors (Lipinski definition) is 0. The number of benzene rings is 2. The molecule has 0 aromatic heterocycles. The first-order valence-corrected chi connectivity index (χ1v) is 11.3. The number of carbonyl (C=O) groups excluding carboxylic acids is 2. The lowest BCUT2D eigenvalue weighted by atomic mass is 9.91. The van der Waals surface area contributed by atoms with E-state index in [4.69, 9.17) is 9.47 Å². The summed E-state index contributed by atoms with van der Waals surface area (Å²) in [5.74, 6) is 0.198. The highest BCUT2D eigenvalue weighted by Crippen LogP contribution is 2.31. The Morgan fingerprint density at radius 3 is 2.67 bits per heavy atom. The first-order valence-electron chi connectivity index (χ1n) is 11.3. The number of hydrogen-bond acceptors (Lipinski definition) is 5. The highest BCUT2D eigenvalue weighted by atomic mass is 16.5. The first kappa shape index (κ1) is 22.6. The van der Waals surface area contributed by atoms with Crippen molar-refractivity contribution in [2.75, 3.05) is 26.8 Å². The van der Waals surface area contributed by atoms with Crippen LogP contribution in [0.15, 0.2) is 72.1 Å². The normalized spacial score (nSPS) is 17.8. The molecule has 2 aliphatic heterocycles. The molecule has 0 bridgehead atoms. The monoisotopic (exact) mass is 446 g/mol. The van der Waals surface area contributed by atoms with E-state index in [1.807, 2.05) is 67.4 Å². The molecule has 172 valence electrons. The third-order valence-electron chi connectivity index (χ3n) is 6.28. The van der Waals surface area contributed by atoms with Gasteiger partial charge in [-0.25, -0.2) is 4.79 Å². The van der Waals surface area contributed by atoms with Gasteiger partial charge >= 0.3 is 5.97 Å². The van der Waals surface area contributed by atoms with E-state index in [2.05, 4.69) is 17.0 Å². The molecule has 2 aromatic carbocycles. The maximum Gasteiger partial charge on any atom is 0.336 e. The molecular weight excluding hydrogens is 416 g/mol. The lowest BCUT2D eigenvalue weighted by Crippen LogP contribution is -2.42. The largest absolute Gasteiger partial charge is 0.497 e. The van der Waals surface area contributed by atoms with Gasteiger partial charge in [0.1, 0.15) is 5.75 Å². The van der Waals surface area contributed by atoms with Crippen LogP contribution in [0.1, 0.15) is 35.3 Å². The Balaban J connectivity index is 1.56. The Labute approximate surface area is 195 Å². The molecule has 0 N–H and O–H groups in total. The smallest absolute Gasteiger partial charge is 0.336 e. The summed E-state index contributed by atoms with van der Waals surface area (Å²) in [6, 6.07) is 15.7. The van der Waals surface area contributed by atoms with Crippen LogP contribution in [0.25, 0.3) is 0 Å². The zero-order valence-electron chi connectivity index (χ0n) is 19.4. The fraction of sp³-hybridized carbons (Fsp3) is 0.333. The molecule has 2 aromatic rings. The predicted molar refractivity (Wildman–Crippen MR) is 127 cm³/mol. The number of esters is 1. The minimum atomic E-state index is -0.322. The Kier molecular flexibility index (Phi) is 6.82. The van der Waals surface area contributed by atoms with Crippen molar-refractivity contribution in [1.29, 1.82) is 0 Å². The fourth-order valence-electron chi connectivity index (χ4n) is 4.50. The number of amides is 1. The van der Waals surface area contributed by atoms with E-state index in [1.165, 1.54) is 0 Å². The van der Waals surface area contributed by atoms with Crippen molar-refractivity contribution >= 4 is 11.9 Å². The van der Waals surface area contributed by atoms with Crippen molar-refractivity contribution in [3.8, 4) is 5.75 Å². The van der Waals surface area contributed by atoms with Crippen LogP contribution in [-0.4, -0.2) is 48.5 Å². The van der Waals surface area contributed by atoms with Crippen molar-refractivity contribution in [2.24, 2.45) is 5.92 Å². The average Bonchev–Trinajstić information content (AvgIpc) is 2.83. The van der Waals surface area contributed by atoms with Crippen LogP contribution in [0.4, 0.5) is 0 Å². The number of nitrogens with zero attached hydrogens (tertiary/aromatic N) is 2. The summed E-state index contributed by atoms with van der Waals surface area (Å²) in [5.41, 5.74) is 4.33. The van der Waals surface area contributed by atoms with Crippen LogP contribution >= 0.6 is 0 Å². The molecule has 1 amide bonds. The van der Waals surface area contributed by atoms with E-state index in [0.29, 0.717) is 37.4 Å². The van der Waals surface area contributed by atoms with Crippen molar-refractivity contribution in [2.45, 2.75) is 26.8 Å². The summed E-state index contributed by atoms with van der Waals surface area (Å²) in [5, 5.41) is 0. The molecule has 0 fully saturated rings. The first-order chi connectivity index (χ1) is 16.0. The van der Waals surface area contributed by atoms with E-state index in [-0.39, 0.29) is 17.8 Å². The van der Waals surface area contributed by atoms with Gasteiger partial charge in [0.15, 0.2) is 0 Å². The molecule has 2 aliphatic rings. The van der Waals surface area contributed by atoms with E-state index in [0.717, 1.165) is 29.0 Å². The molecule has 33 heavy (non-hydrogen) atoms. The lowest BCUT2D eigenvalue weighted by Gasteiger charge is -2.35. The Bertz CT molecular complexity index is 1090. The number of ether oxygens (including phenoxy) is 2. The van der Waals surface area contributed by atoms with Gasteiger partial charge in [0.25, 0.3) is 5.91 Å². The zero-order valence-corrected chi connectivity index (χ0v) is 19.4. The topological polar surface area (TPSA) is 59.1 Å². The Hall–Kier alpha value is -3.54. The molecule has 1 unspecified atom stereocenters. The van der Waals surface area contributed by atoms with Gasteiger partial charge in [-0.1, -0.05) is 36.4 Å². The molecule has 1 atom stereocenters. The van der Waals surface area contributed by atoms with Crippen LogP contribution < -0.4 is 4.74 Å². The Morgan fingerprint density at radius 2 is 1.94 bits per heavy atom. The van der Waals surface area contributed by atoms with Gasteiger partial charge in [0.2, 0.25) is 0 Å². The minimum absolute atomic E-state index is 0.0140. The maximum absolute atomic E-state index is 13.2. The molecule has 0 radical (unpaired) electrons. The lowest BCUT2D eigenvalue weighted by molar-refractivity contribution is -0.139. The van der Waals surface area contributed by atoms with Gasteiger partial charge in [-0.3, -0.25) is 4.79 Å². The number of carbonyl (C=O) groups is 2. The summed E-state index contributed by atoms with van der Waals surface area (Å²) < 4.78 is 10.7. The molecule has 6 nitrogen and oxygen atoms in total. The molecular formula is C27H30N2O4. The molecule has 0 saturated carbocycles. The molecule has 4 rings (SSSR count). The minimum Gasteiger partial charge on any atom is -0.497 e. The van der Waals surface area contributed by atoms with Crippen molar-refractivity contribution in [3.05, 3.63) is 88.8 Å². The average molecular weight is 447 g/mol. The van der Waals surface area contributed by atoms with Crippen LogP contribution in [0.5, 0.6) is 5.75 Å². The fourth-order valence-corrected chi connectivity index (χ4v) is 4.50. The third-order valence-corrected chi connectivity index (χ3v) is 6.28. The molecule has 2 heterocycles. The van der Waals surface area contributed by atoms with Crippen LogP contribution in [0.2, 0.25) is 0 Å². The zero-order chi connectivity index (χ0) is 23.4. The maximum atomic E-state index is 13.2.